The Labute approximate surface area is 160 Å². The number of hydrogen-bond donors (Lipinski definition) is 0. The van der Waals surface area contributed by atoms with Crippen LogP contribution in [0.4, 0.5) is 5.69 Å². The van der Waals surface area contributed by atoms with Crippen molar-refractivity contribution in [2.75, 3.05) is 43.9 Å². The van der Waals surface area contributed by atoms with E-state index in [2.05, 4.69) is 63.0 Å². The molecule has 0 spiro atoms. The number of nitrogens with zero attached hydrogens (tertiary/aromatic N) is 2. The Bertz CT molecular complexity index is 688. The van der Waals surface area contributed by atoms with Gasteiger partial charge in [-0.05, 0) is 42.2 Å². The Morgan fingerprint density at radius 2 is 1.58 bits per heavy atom. The fraction of sp³-hybridized carbons (Fsp3) is 0.684. The molecule has 1 aliphatic rings. The van der Waals surface area contributed by atoms with Crippen molar-refractivity contribution in [3.8, 4) is 0 Å². The third kappa shape index (κ3) is 5.55. The topological polar surface area (TPSA) is 49.9 Å². The highest BCUT2D eigenvalue weighted by atomic mass is 32.2. The van der Waals surface area contributed by atoms with Crippen LogP contribution in [0.15, 0.2) is 24.3 Å². The van der Waals surface area contributed by atoms with Crippen LogP contribution in [0.2, 0.25) is 18.1 Å². The van der Waals surface area contributed by atoms with Crippen molar-refractivity contribution < 1.29 is 12.8 Å². The molecule has 0 atom stereocenters. The van der Waals surface area contributed by atoms with E-state index in [0.29, 0.717) is 13.1 Å². The second-order valence-corrected chi connectivity index (χ2v) is 15.5. The standard InChI is InChI=1S/C19H34N2O3SSi/c1-19(2,3)26(5,6)24-16-11-17-7-9-18(10-8-17)20-12-14-21(15-13-20)25(4,22)23/h7-10H,11-16H2,1-6H3. The Morgan fingerprint density at radius 1 is 1.04 bits per heavy atom. The van der Waals surface area contributed by atoms with Crippen LogP contribution < -0.4 is 4.90 Å². The minimum atomic E-state index is -3.08. The molecule has 0 unspecified atom stereocenters. The van der Waals surface area contributed by atoms with Gasteiger partial charge in [0.15, 0.2) is 8.32 Å². The van der Waals surface area contributed by atoms with E-state index < -0.39 is 18.3 Å². The van der Waals surface area contributed by atoms with Gasteiger partial charge >= 0.3 is 0 Å². The van der Waals surface area contributed by atoms with Gasteiger partial charge in [-0.15, -0.1) is 0 Å². The Balaban J connectivity index is 1.86. The number of rotatable bonds is 6. The summed E-state index contributed by atoms with van der Waals surface area (Å²) in [6.07, 6.45) is 2.21. The summed E-state index contributed by atoms with van der Waals surface area (Å²) in [5.41, 5.74) is 2.44. The Hall–Kier alpha value is -0.893. The highest BCUT2D eigenvalue weighted by molar-refractivity contribution is 7.88. The summed E-state index contributed by atoms with van der Waals surface area (Å²) >= 11 is 0. The Morgan fingerprint density at radius 3 is 2.04 bits per heavy atom. The number of anilines is 1. The summed E-state index contributed by atoms with van der Waals surface area (Å²) in [6.45, 7) is 14.7. The lowest BCUT2D eigenvalue weighted by Gasteiger charge is -2.36. The number of hydrogen-bond acceptors (Lipinski definition) is 4. The summed E-state index contributed by atoms with van der Waals surface area (Å²) < 4.78 is 31.0. The predicted molar refractivity (Wildman–Crippen MR) is 112 cm³/mol. The molecule has 1 heterocycles. The molecule has 1 aliphatic heterocycles. The minimum absolute atomic E-state index is 0.241. The molecular formula is C19H34N2O3SSi. The number of benzene rings is 1. The molecule has 1 fully saturated rings. The molecule has 1 aromatic carbocycles. The first-order chi connectivity index (χ1) is 11.9. The zero-order valence-electron chi connectivity index (χ0n) is 17.1. The van der Waals surface area contributed by atoms with E-state index in [4.69, 9.17) is 4.43 Å². The molecule has 0 aromatic heterocycles. The van der Waals surface area contributed by atoms with Crippen LogP contribution in [0.3, 0.4) is 0 Å². The lowest BCUT2D eigenvalue weighted by atomic mass is 10.1. The molecule has 0 amide bonds. The molecule has 0 radical (unpaired) electrons. The third-order valence-electron chi connectivity index (χ3n) is 5.67. The second-order valence-electron chi connectivity index (χ2n) is 8.67. The minimum Gasteiger partial charge on any atom is -0.416 e. The van der Waals surface area contributed by atoms with Crippen LogP contribution in [0, 0.1) is 0 Å². The molecule has 7 heteroatoms. The van der Waals surface area contributed by atoms with Crippen LogP contribution in [-0.2, 0) is 20.9 Å². The highest BCUT2D eigenvalue weighted by Gasteiger charge is 2.36. The third-order valence-corrected chi connectivity index (χ3v) is 11.5. The van der Waals surface area contributed by atoms with Gasteiger partial charge in [0.25, 0.3) is 0 Å². The molecule has 0 bridgehead atoms. The summed E-state index contributed by atoms with van der Waals surface area (Å²) in [7, 11) is -4.76. The average molecular weight is 399 g/mol. The molecule has 0 aliphatic carbocycles. The van der Waals surface area contributed by atoms with Crippen molar-refractivity contribution in [3.05, 3.63) is 29.8 Å². The summed E-state index contributed by atoms with van der Waals surface area (Å²) in [6, 6.07) is 8.59. The van der Waals surface area contributed by atoms with E-state index in [0.717, 1.165) is 31.8 Å². The van der Waals surface area contributed by atoms with Gasteiger partial charge in [-0.25, -0.2) is 8.42 Å². The van der Waals surface area contributed by atoms with Gasteiger partial charge in [-0.2, -0.15) is 4.31 Å². The molecular weight excluding hydrogens is 364 g/mol. The van der Waals surface area contributed by atoms with Crippen LogP contribution in [-0.4, -0.2) is 60.1 Å². The molecule has 5 nitrogen and oxygen atoms in total. The quantitative estimate of drug-likeness (QED) is 0.690. The van der Waals surface area contributed by atoms with E-state index in [1.165, 1.54) is 11.8 Å². The molecule has 1 aromatic rings. The largest absolute Gasteiger partial charge is 0.416 e. The second kappa shape index (κ2) is 8.00. The van der Waals surface area contributed by atoms with Crippen molar-refractivity contribution in [1.82, 2.24) is 4.31 Å². The van der Waals surface area contributed by atoms with Crippen LogP contribution in [0.25, 0.3) is 0 Å². The first kappa shape index (κ1) is 21.4. The van der Waals surface area contributed by atoms with E-state index in [1.54, 1.807) is 4.31 Å². The van der Waals surface area contributed by atoms with Crippen LogP contribution in [0.1, 0.15) is 26.3 Å². The highest BCUT2D eigenvalue weighted by Crippen LogP contribution is 2.36. The summed E-state index contributed by atoms with van der Waals surface area (Å²) in [5, 5.41) is 0.241. The first-order valence-electron chi connectivity index (χ1n) is 9.33. The first-order valence-corrected chi connectivity index (χ1v) is 14.1. The van der Waals surface area contributed by atoms with Gasteiger partial charge in [0.1, 0.15) is 0 Å². The van der Waals surface area contributed by atoms with Crippen molar-refractivity contribution in [3.63, 3.8) is 0 Å². The van der Waals surface area contributed by atoms with Gasteiger partial charge in [0.2, 0.25) is 10.0 Å². The van der Waals surface area contributed by atoms with E-state index >= 15 is 0 Å². The van der Waals surface area contributed by atoms with Crippen molar-refractivity contribution in [2.24, 2.45) is 0 Å². The summed E-state index contributed by atoms with van der Waals surface area (Å²) in [4.78, 5) is 2.25. The van der Waals surface area contributed by atoms with E-state index in [9.17, 15) is 8.42 Å². The fourth-order valence-electron chi connectivity index (χ4n) is 2.79. The van der Waals surface area contributed by atoms with Crippen LogP contribution in [0.5, 0.6) is 0 Å². The van der Waals surface area contributed by atoms with Gasteiger partial charge in [0.05, 0.1) is 6.26 Å². The summed E-state index contributed by atoms with van der Waals surface area (Å²) in [5.74, 6) is 0. The predicted octanol–water partition coefficient (Wildman–Crippen LogP) is 3.33. The maximum Gasteiger partial charge on any atom is 0.211 e. The maximum absolute atomic E-state index is 11.6. The monoisotopic (exact) mass is 398 g/mol. The van der Waals surface area contributed by atoms with Gasteiger partial charge in [0, 0.05) is 38.5 Å². The lowest BCUT2D eigenvalue weighted by molar-refractivity contribution is 0.292. The maximum atomic E-state index is 11.6. The average Bonchev–Trinajstić information content (AvgIpc) is 2.54. The number of piperazine rings is 1. The molecule has 0 saturated carbocycles. The Kier molecular flexibility index (Phi) is 6.59. The van der Waals surface area contributed by atoms with Crippen LogP contribution >= 0.6 is 0 Å². The molecule has 26 heavy (non-hydrogen) atoms. The normalized spacial score (nSPS) is 17.5. The van der Waals surface area contributed by atoms with Gasteiger partial charge < -0.3 is 9.33 Å². The van der Waals surface area contributed by atoms with Crippen molar-refractivity contribution in [1.29, 1.82) is 0 Å². The van der Waals surface area contributed by atoms with E-state index in [1.807, 2.05) is 0 Å². The zero-order chi connectivity index (χ0) is 19.6. The molecule has 1 saturated heterocycles. The lowest BCUT2D eigenvalue weighted by Crippen LogP contribution is -2.48. The van der Waals surface area contributed by atoms with Gasteiger partial charge in [-0.1, -0.05) is 32.9 Å². The smallest absolute Gasteiger partial charge is 0.211 e. The van der Waals surface area contributed by atoms with Crippen molar-refractivity contribution >= 4 is 24.0 Å². The molecule has 148 valence electrons. The SMILES string of the molecule is CC(C)(C)[Si](C)(C)OCCc1ccc(N2CCN(S(C)(=O)=O)CC2)cc1. The molecule has 0 N–H and O–H groups in total. The van der Waals surface area contributed by atoms with Gasteiger partial charge in [-0.3, -0.25) is 0 Å². The molecule has 2 rings (SSSR count). The zero-order valence-corrected chi connectivity index (χ0v) is 18.9. The number of sulfonamides is 1. The van der Waals surface area contributed by atoms with E-state index in [-0.39, 0.29) is 5.04 Å². The fourth-order valence-corrected chi connectivity index (χ4v) is 4.66. The van der Waals surface area contributed by atoms with Crippen molar-refractivity contribution in [2.45, 2.75) is 45.3 Å².